The van der Waals surface area contributed by atoms with E-state index in [1.165, 1.54) is 5.56 Å². The molecule has 0 amide bonds. The second-order valence-electron chi connectivity index (χ2n) is 22.1. The van der Waals surface area contributed by atoms with Crippen molar-refractivity contribution in [3.05, 3.63) is 35.4 Å². The number of ether oxygens (including phenoxy) is 2. The van der Waals surface area contributed by atoms with E-state index in [1.54, 1.807) is 7.11 Å². The maximum atomic E-state index is 13.1. The van der Waals surface area contributed by atoms with Crippen LogP contribution in [0.25, 0.3) is 0 Å². The van der Waals surface area contributed by atoms with Crippen molar-refractivity contribution in [2.24, 2.45) is 61.1 Å². The van der Waals surface area contributed by atoms with Crippen LogP contribution >= 0.6 is 0 Å². The minimum Gasteiger partial charge on any atom is -0.481 e. The van der Waals surface area contributed by atoms with Crippen molar-refractivity contribution in [2.45, 2.75) is 182 Å². The SMILES string of the molecule is CCCC1CC#CC23CCC45C(Cc6ccc(CCOC)cc6)OC(O)(CC(O)C4(CO)C2(C)CCC2(CC1)C1CC(C)(C(=O)O)CCC1(C)CCC23C)C5CCC. The molecule has 7 nitrogen and oxygen atoms in total. The van der Waals surface area contributed by atoms with E-state index in [0.717, 1.165) is 108 Å². The summed E-state index contributed by atoms with van der Waals surface area (Å²) in [6.45, 7) is 14.4. The van der Waals surface area contributed by atoms with Gasteiger partial charge in [-0.15, -0.1) is 5.92 Å². The maximum Gasteiger partial charge on any atom is 0.309 e. The van der Waals surface area contributed by atoms with E-state index >= 15 is 0 Å². The van der Waals surface area contributed by atoms with Gasteiger partial charge in [0, 0.05) is 42.1 Å². The number of aliphatic carboxylic acids is 1. The van der Waals surface area contributed by atoms with E-state index in [2.05, 4.69) is 70.7 Å². The summed E-state index contributed by atoms with van der Waals surface area (Å²) in [6.07, 6.45) is 14.9. The Hall–Kier alpha value is -1.95. The third kappa shape index (κ3) is 5.39. The molecule has 4 N–H and O–H groups in total. The van der Waals surface area contributed by atoms with Crippen molar-refractivity contribution in [1.29, 1.82) is 0 Å². The van der Waals surface area contributed by atoms with Gasteiger partial charge in [-0.2, -0.15) is 0 Å². The van der Waals surface area contributed by atoms with Crippen molar-refractivity contribution < 1.29 is 34.7 Å². The summed E-state index contributed by atoms with van der Waals surface area (Å²) in [5.41, 5.74) is -1.53. The van der Waals surface area contributed by atoms with E-state index in [9.17, 15) is 25.2 Å². The molecule has 7 aliphatic rings. The Bertz CT molecular complexity index is 1780. The number of methoxy groups -OCH3 is 1. The van der Waals surface area contributed by atoms with Gasteiger partial charge in [0.05, 0.1) is 30.8 Å². The zero-order valence-electron chi connectivity index (χ0n) is 37.1. The first kappa shape index (κ1) is 42.7. The zero-order valence-corrected chi connectivity index (χ0v) is 37.1. The molecule has 0 aromatic heterocycles. The Kier molecular flexibility index (Phi) is 10.7. The summed E-state index contributed by atoms with van der Waals surface area (Å²) in [6, 6.07) is 8.73. The van der Waals surface area contributed by atoms with E-state index < -0.39 is 44.9 Å². The second kappa shape index (κ2) is 14.6. The molecule has 2 spiro atoms. The topological polar surface area (TPSA) is 116 Å². The van der Waals surface area contributed by atoms with Crippen LogP contribution in [0.4, 0.5) is 0 Å². The van der Waals surface area contributed by atoms with Gasteiger partial charge in [0.1, 0.15) is 0 Å². The summed E-state index contributed by atoms with van der Waals surface area (Å²) in [7, 11) is 1.73. The fourth-order valence-electron chi connectivity index (χ4n) is 17.2. The molecule has 8 rings (SSSR count). The molecule has 14 unspecified atom stereocenters. The third-order valence-corrected chi connectivity index (χ3v) is 20.3. The number of carboxylic acid groups (broad SMARTS) is 1. The van der Waals surface area contributed by atoms with Gasteiger partial charge >= 0.3 is 5.97 Å². The monoisotopic (exact) mass is 801 g/mol. The Morgan fingerprint density at radius 1 is 0.879 bits per heavy atom. The standard InChI is InChI=1S/C51H76O7/c1-8-11-35-13-10-20-48-28-29-49-38(12-9-2)51(56,58-41(49)31-37-16-14-36(15-17-37)19-30-57-7)33-40(53)50(49,34-52)46(48,6)26-27-47(21-18-35)39-32-44(4,42(54)55)23-22-43(39,3)24-25-45(47,48)5/h14-17,35,38-41,52-53,56H,8-9,11-13,18-19,21-34H2,1-7H3,(H,54,55). The summed E-state index contributed by atoms with van der Waals surface area (Å²) >= 11 is 0. The largest absolute Gasteiger partial charge is 0.481 e. The van der Waals surface area contributed by atoms with Crippen LogP contribution in [0.2, 0.25) is 0 Å². The van der Waals surface area contributed by atoms with Crippen LogP contribution in [-0.4, -0.2) is 64.7 Å². The van der Waals surface area contributed by atoms with Crippen molar-refractivity contribution in [3.63, 3.8) is 0 Å². The van der Waals surface area contributed by atoms with Gasteiger partial charge < -0.3 is 29.9 Å². The van der Waals surface area contributed by atoms with Crippen LogP contribution in [0.5, 0.6) is 0 Å². The van der Waals surface area contributed by atoms with Gasteiger partial charge in [-0.3, -0.25) is 4.79 Å². The predicted molar refractivity (Wildman–Crippen MR) is 227 cm³/mol. The highest BCUT2D eigenvalue weighted by Crippen LogP contribution is 2.88. The molecule has 1 heterocycles. The highest BCUT2D eigenvalue weighted by molar-refractivity contribution is 5.74. The van der Waals surface area contributed by atoms with Crippen LogP contribution in [0.15, 0.2) is 24.3 Å². The lowest BCUT2D eigenvalue weighted by Gasteiger charge is -2.81. The van der Waals surface area contributed by atoms with E-state index in [4.69, 9.17) is 9.47 Å². The van der Waals surface area contributed by atoms with Crippen molar-refractivity contribution in [2.75, 3.05) is 20.3 Å². The van der Waals surface area contributed by atoms with Gasteiger partial charge in [0.15, 0.2) is 5.79 Å². The molecule has 5 saturated carbocycles. The molecule has 1 aromatic carbocycles. The molecule has 1 saturated heterocycles. The number of benzene rings is 1. The lowest BCUT2D eigenvalue weighted by Crippen LogP contribution is -2.80. The van der Waals surface area contributed by atoms with Crippen LogP contribution in [-0.2, 0) is 27.1 Å². The van der Waals surface area contributed by atoms with E-state index in [1.807, 2.05) is 6.92 Å². The van der Waals surface area contributed by atoms with Crippen molar-refractivity contribution >= 4 is 5.97 Å². The first-order valence-electron chi connectivity index (χ1n) is 23.5. The first-order chi connectivity index (χ1) is 27.5. The molecule has 4 bridgehead atoms. The number of carboxylic acids is 1. The van der Waals surface area contributed by atoms with Gasteiger partial charge in [-0.05, 0) is 148 Å². The Balaban J connectivity index is 1.32. The molecule has 1 aromatic rings. The molecule has 6 fully saturated rings. The highest BCUT2D eigenvalue weighted by Gasteiger charge is 2.87. The second-order valence-corrected chi connectivity index (χ2v) is 22.1. The van der Waals surface area contributed by atoms with Gasteiger partial charge in [0.25, 0.3) is 0 Å². The average molecular weight is 801 g/mol. The summed E-state index contributed by atoms with van der Waals surface area (Å²) in [5, 5.41) is 49.1. The van der Waals surface area contributed by atoms with Crippen molar-refractivity contribution in [1.82, 2.24) is 0 Å². The molecule has 1 aliphatic heterocycles. The summed E-state index contributed by atoms with van der Waals surface area (Å²) < 4.78 is 12.4. The number of rotatable bonds is 11. The Labute approximate surface area is 349 Å². The van der Waals surface area contributed by atoms with E-state index in [-0.39, 0.29) is 47.2 Å². The average Bonchev–Trinajstić information content (AvgIpc) is 3.37. The smallest absolute Gasteiger partial charge is 0.309 e. The summed E-state index contributed by atoms with van der Waals surface area (Å²) in [5.74, 6) is 6.53. The first-order valence-corrected chi connectivity index (χ1v) is 23.5. The number of carbonyl (C=O) groups is 1. The normalized spacial score (nSPS) is 49.1. The molecule has 7 heteroatoms. The minimum absolute atomic E-state index is 0.0618. The lowest BCUT2D eigenvalue weighted by molar-refractivity contribution is -0.357. The number of fused-ring (bicyclic) bond motifs is 3. The molecular weight excluding hydrogens is 725 g/mol. The fraction of sp³-hybridized carbons (Fsp3) is 0.824. The third-order valence-electron chi connectivity index (χ3n) is 20.3. The maximum absolute atomic E-state index is 13.1. The van der Waals surface area contributed by atoms with Gasteiger partial charge in [0.2, 0.25) is 0 Å². The van der Waals surface area contributed by atoms with Crippen molar-refractivity contribution in [3.8, 4) is 11.8 Å². The molecule has 58 heavy (non-hydrogen) atoms. The van der Waals surface area contributed by atoms with Crippen LogP contribution < -0.4 is 0 Å². The van der Waals surface area contributed by atoms with E-state index in [0.29, 0.717) is 25.4 Å². The molecular formula is C51H76O7. The van der Waals surface area contributed by atoms with Crippen LogP contribution in [0.1, 0.15) is 162 Å². The fourth-order valence-corrected chi connectivity index (χ4v) is 17.2. The number of aliphatic hydroxyl groups is 3. The van der Waals surface area contributed by atoms with Crippen LogP contribution in [0.3, 0.4) is 0 Å². The van der Waals surface area contributed by atoms with Gasteiger partial charge in [-0.1, -0.05) is 77.6 Å². The highest BCUT2D eigenvalue weighted by atomic mass is 16.6. The zero-order chi connectivity index (χ0) is 41.6. The minimum atomic E-state index is -1.48. The molecule has 322 valence electrons. The Morgan fingerprint density at radius 3 is 2.24 bits per heavy atom. The Morgan fingerprint density at radius 2 is 1.57 bits per heavy atom. The molecule has 6 aliphatic carbocycles. The summed E-state index contributed by atoms with van der Waals surface area (Å²) in [4.78, 5) is 13.1. The predicted octanol–water partition coefficient (Wildman–Crippen LogP) is 9.52. The molecule has 0 radical (unpaired) electrons. The van der Waals surface area contributed by atoms with Crippen LogP contribution in [0, 0.1) is 72.9 Å². The lowest BCUT2D eigenvalue weighted by atomic mass is 9.21. The number of hydrogen-bond acceptors (Lipinski definition) is 6. The number of hydrogen-bond donors (Lipinski definition) is 4. The molecule has 14 atom stereocenters. The number of aliphatic hydroxyl groups excluding tert-OH is 2. The quantitative estimate of drug-likeness (QED) is 0.165. The van der Waals surface area contributed by atoms with Gasteiger partial charge in [-0.25, -0.2) is 0 Å².